The maximum Gasteiger partial charge on any atom is 0.323 e. The van der Waals surface area contributed by atoms with Crippen LogP contribution < -0.4 is 5.32 Å². The molecule has 41 heavy (non-hydrogen) atoms. The maximum absolute atomic E-state index is 13.8. The molecular formula is C33H26N2O4S2. The summed E-state index contributed by atoms with van der Waals surface area (Å²) in [6, 6.07) is 35.8. The van der Waals surface area contributed by atoms with E-state index in [0.29, 0.717) is 5.13 Å². The topological polar surface area (TPSA) is 77.5 Å². The van der Waals surface area contributed by atoms with Crippen molar-refractivity contribution in [2.24, 2.45) is 5.92 Å². The summed E-state index contributed by atoms with van der Waals surface area (Å²) in [7, 11) is 0. The van der Waals surface area contributed by atoms with E-state index in [-0.39, 0.29) is 13.2 Å². The van der Waals surface area contributed by atoms with Gasteiger partial charge in [-0.15, -0.1) is 11.3 Å². The lowest BCUT2D eigenvalue weighted by Gasteiger charge is -2.24. The fourth-order valence-corrected chi connectivity index (χ4v) is 6.60. The number of ether oxygens (including phenoxy) is 2. The van der Waals surface area contributed by atoms with Crippen LogP contribution >= 0.6 is 22.7 Å². The fourth-order valence-electron chi connectivity index (χ4n) is 4.55. The molecule has 2 aromatic heterocycles. The summed E-state index contributed by atoms with van der Waals surface area (Å²) >= 11 is 2.99. The van der Waals surface area contributed by atoms with Crippen molar-refractivity contribution >= 4 is 60.0 Å². The summed E-state index contributed by atoms with van der Waals surface area (Å²) in [5, 5.41) is 5.05. The molecule has 6 nitrogen and oxygen atoms in total. The van der Waals surface area contributed by atoms with Gasteiger partial charge in [-0.3, -0.25) is 9.59 Å². The number of anilines is 1. The van der Waals surface area contributed by atoms with Crippen LogP contribution in [0.2, 0.25) is 0 Å². The van der Waals surface area contributed by atoms with Gasteiger partial charge in [-0.25, -0.2) is 4.98 Å². The highest BCUT2D eigenvalue weighted by atomic mass is 32.1. The number of fused-ring (bicyclic) bond motifs is 2. The average Bonchev–Trinajstić information content (AvgIpc) is 3.63. The van der Waals surface area contributed by atoms with Gasteiger partial charge in [0.15, 0.2) is 11.0 Å². The van der Waals surface area contributed by atoms with Crippen molar-refractivity contribution in [3.8, 4) is 0 Å². The van der Waals surface area contributed by atoms with Crippen molar-refractivity contribution in [2.75, 3.05) is 5.32 Å². The van der Waals surface area contributed by atoms with Crippen LogP contribution in [0, 0.1) is 5.92 Å². The standard InChI is InChI=1S/C33H26N2O4S2/c36-31(38-20-22-11-3-1-4-12-22)29(32(37)39-21-23-13-5-2-6-14-23)30(28-19-24-15-7-9-17-26(24)40-28)35-33-34-25-16-8-10-18-27(25)41-33/h1-19,29-30H,20-21H2,(H,34,35)/t30-/m0/s1. The predicted molar refractivity (Wildman–Crippen MR) is 164 cm³/mol. The molecule has 204 valence electrons. The second-order valence-electron chi connectivity index (χ2n) is 9.46. The first kappa shape index (κ1) is 26.7. The molecule has 6 aromatic rings. The van der Waals surface area contributed by atoms with Crippen molar-refractivity contribution in [1.29, 1.82) is 0 Å². The van der Waals surface area contributed by atoms with Gasteiger partial charge in [0.2, 0.25) is 0 Å². The minimum absolute atomic E-state index is 0.0441. The van der Waals surface area contributed by atoms with Crippen LogP contribution in [0.25, 0.3) is 20.3 Å². The molecule has 6 rings (SSSR count). The first-order valence-electron chi connectivity index (χ1n) is 13.2. The summed E-state index contributed by atoms with van der Waals surface area (Å²) in [6.07, 6.45) is 0. The van der Waals surface area contributed by atoms with Crippen molar-refractivity contribution < 1.29 is 19.1 Å². The van der Waals surface area contributed by atoms with E-state index in [1.165, 1.54) is 22.7 Å². The van der Waals surface area contributed by atoms with Crippen LogP contribution in [0.3, 0.4) is 0 Å². The smallest absolute Gasteiger partial charge is 0.323 e. The number of nitrogens with zero attached hydrogens (tertiary/aromatic N) is 1. The Bertz CT molecular complexity index is 1660. The number of benzene rings is 4. The van der Waals surface area contributed by atoms with Crippen molar-refractivity contribution in [1.82, 2.24) is 4.98 Å². The third-order valence-corrected chi connectivity index (χ3v) is 8.78. The summed E-state index contributed by atoms with van der Waals surface area (Å²) in [4.78, 5) is 33.1. The number of hydrogen-bond donors (Lipinski definition) is 1. The molecule has 1 N–H and O–H groups in total. The lowest BCUT2D eigenvalue weighted by atomic mass is 9.98. The molecule has 0 radical (unpaired) electrons. The molecule has 0 saturated carbocycles. The quantitative estimate of drug-likeness (QED) is 0.132. The Morgan fingerprint density at radius 2 is 1.24 bits per heavy atom. The molecule has 2 heterocycles. The minimum Gasteiger partial charge on any atom is -0.460 e. The van der Waals surface area contributed by atoms with E-state index in [2.05, 4.69) is 5.32 Å². The minimum atomic E-state index is -1.28. The largest absolute Gasteiger partial charge is 0.460 e. The summed E-state index contributed by atoms with van der Waals surface area (Å²) in [5.41, 5.74) is 2.49. The number of esters is 2. The number of aromatic nitrogens is 1. The molecule has 0 amide bonds. The maximum atomic E-state index is 13.8. The second kappa shape index (κ2) is 12.3. The van der Waals surface area contributed by atoms with Crippen LogP contribution in [-0.4, -0.2) is 16.9 Å². The van der Waals surface area contributed by atoms with Crippen molar-refractivity contribution in [3.63, 3.8) is 0 Å². The van der Waals surface area contributed by atoms with Crippen molar-refractivity contribution in [3.05, 3.63) is 131 Å². The molecule has 4 aromatic carbocycles. The molecule has 0 fully saturated rings. The number of hydrogen-bond acceptors (Lipinski definition) is 8. The van der Waals surface area contributed by atoms with Gasteiger partial charge in [-0.05, 0) is 40.8 Å². The number of carbonyl (C=O) groups is 2. The monoisotopic (exact) mass is 578 g/mol. The molecule has 8 heteroatoms. The number of thiazole rings is 1. The molecule has 0 bridgehead atoms. The number of rotatable bonds is 10. The normalized spacial score (nSPS) is 11.9. The first-order chi connectivity index (χ1) is 20.1. The van der Waals surface area contributed by atoms with Gasteiger partial charge in [0.25, 0.3) is 0 Å². The summed E-state index contributed by atoms with van der Waals surface area (Å²) in [6.45, 7) is 0.0881. The third-order valence-electron chi connectivity index (χ3n) is 6.61. The Balaban J connectivity index is 1.37. The van der Waals surface area contributed by atoms with Crippen LogP contribution in [0.15, 0.2) is 115 Å². The van der Waals surface area contributed by atoms with E-state index in [1.807, 2.05) is 115 Å². The zero-order valence-electron chi connectivity index (χ0n) is 21.9. The summed E-state index contributed by atoms with van der Waals surface area (Å²) in [5.74, 6) is -2.60. The lowest BCUT2D eigenvalue weighted by Crippen LogP contribution is -2.36. The Hall–Kier alpha value is -4.53. The highest BCUT2D eigenvalue weighted by molar-refractivity contribution is 7.22. The average molecular weight is 579 g/mol. The predicted octanol–water partition coefficient (Wildman–Crippen LogP) is 7.77. The van der Waals surface area contributed by atoms with Gasteiger partial charge in [-0.2, -0.15) is 0 Å². The molecule has 1 atom stereocenters. The number of thiophene rings is 1. The van der Waals surface area contributed by atoms with E-state index in [1.54, 1.807) is 0 Å². The van der Waals surface area contributed by atoms with E-state index < -0.39 is 23.9 Å². The first-order valence-corrected chi connectivity index (χ1v) is 14.8. The van der Waals surface area contributed by atoms with Crippen LogP contribution in [0.1, 0.15) is 22.0 Å². The zero-order valence-corrected chi connectivity index (χ0v) is 23.6. The Labute approximate surface area is 245 Å². The molecule has 0 aliphatic heterocycles. The molecule has 0 saturated heterocycles. The van der Waals surface area contributed by atoms with Crippen LogP contribution in [0.4, 0.5) is 5.13 Å². The summed E-state index contributed by atoms with van der Waals surface area (Å²) < 4.78 is 13.5. The van der Waals surface area contributed by atoms with E-state index in [9.17, 15) is 9.59 Å². The van der Waals surface area contributed by atoms with E-state index >= 15 is 0 Å². The van der Waals surface area contributed by atoms with Gasteiger partial charge >= 0.3 is 11.9 Å². The van der Waals surface area contributed by atoms with Gasteiger partial charge in [0, 0.05) is 9.58 Å². The van der Waals surface area contributed by atoms with E-state index in [0.717, 1.165) is 36.3 Å². The SMILES string of the molecule is O=C(OCc1ccccc1)C(C(=O)OCc1ccccc1)[C@@H](Nc1nc2ccccc2s1)c1cc2ccccc2s1. The molecule has 0 aliphatic carbocycles. The van der Waals surface area contributed by atoms with Gasteiger partial charge < -0.3 is 14.8 Å². The lowest BCUT2D eigenvalue weighted by molar-refractivity contribution is -0.164. The Morgan fingerprint density at radius 3 is 1.85 bits per heavy atom. The molecule has 0 unspecified atom stereocenters. The molecule has 0 spiro atoms. The third kappa shape index (κ3) is 6.29. The highest BCUT2D eigenvalue weighted by Crippen LogP contribution is 2.38. The molecular weight excluding hydrogens is 553 g/mol. The zero-order chi connectivity index (χ0) is 28.0. The Kier molecular flexibility index (Phi) is 8.02. The number of nitrogens with one attached hydrogen (secondary N) is 1. The number of carbonyl (C=O) groups excluding carboxylic acids is 2. The molecule has 0 aliphatic rings. The fraction of sp³-hybridized carbons (Fsp3) is 0.121. The van der Waals surface area contributed by atoms with E-state index in [4.69, 9.17) is 14.5 Å². The van der Waals surface area contributed by atoms with Gasteiger partial charge in [0.05, 0.1) is 16.3 Å². The highest BCUT2D eigenvalue weighted by Gasteiger charge is 2.40. The van der Waals surface area contributed by atoms with Gasteiger partial charge in [-0.1, -0.05) is 102 Å². The van der Waals surface area contributed by atoms with Crippen LogP contribution in [-0.2, 0) is 32.3 Å². The van der Waals surface area contributed by atoms with Crippen LogP contribution in [0.5, 0.6) is 0 Å². The number of para-hydroxylation sites is 1. The second-order valence-corrected chi connectivity index (χ2v) is 11.6. The Morgan fingerprint density at radius 1 is 0.683 bits per heavy atom. The van der Waals surface area contributed by atoms with Gasteiger partial charge in [0.1, 0.15) is 13.2 Å². The van der Waals surface area contributed by atoms with Crippen molar-refractivity contribution in [2.45, 2.75) is 19.3 Å².